The average molecular weight is 302 g/mol. The third-order valence-electron chi connectivity index (χ3n) is 3.41. The summed E-state index contributed by atoms with van der Waals surface area (Å²) < 4.78 is 5.16. The normalized spacial score (nSPS) is 11.3. The van der Waals surface area contributed by atoms with Crippen LogP contribution in [-0.2, 0) is 6.42 Å². The van der Waals surface area contributed by atoms with Crippen molar-refractivity contribution in [2.24, 2.45) is 0 Å². The van der Waals surface area contributed by atoms with Crippen molar-refractivity contribution in [2.75, 3.05) is 0 Å². The van der Waals surface area contributed by atoms with E-state index in [0.29, 0.717) is 5.89 Å². The van der Waals surface area contributed by atoms with Gasteiger partial charge in [-0.2, -0.15) is 4.98 Å². The molecule has 0 saturated carbocycles. The van der Waals surface area contributed by atoms with Crippen LogP contribution in [-0.4, -0.2) is 20.4 Å². The van der Waals surface area contributed by atoms with E-state index >= 15 is 0 Å². The minimum atomic E-state index is -0.152. The number of hydrogen-bond donors (Lipinski definition) is 2. The zero-order chi connectivity index (χ0) is 15.8. The van der Waals surface area contributed by atoms with E-state index in [9.17, 15) is 10.2 Å². The number of phenols is 2. The molecule has 0 aliphatic rings. The Morgan fingerprint density at radius 3 is 2.64 bits per heavy atom. The second-order valence-corrected chi connectivity index (χ2v) is 5.29. The molecule has 0 saturated heterocycles. The Morgan fingerprint density at radius 2 is 1.86 bits per heavy atom. The number of rotatable bonds is 8. The van der Waals surface area contributed by atoms with E-state index in [1.54, 1.807) is 18.2 Å². The molecule has 1 heterocycles. The molecule has 5 heteroatoms. The van der Waals surface area contributed by atoms with Gasteiger partial charge >= 0.3 is 0 Å². The van der Waals surface area contributed by atoms with E-state index in [2.05, 4.69) is 17.1 Å². The Balaban J connectivity index is 1.85. The third kappa shape index (κ3) is 4.91. The monoisotopic (exact) mass is 302 g/mol. The van der Waals surface area contributed by atoms with E-state index in [0.717, 1.165) is 24.2 Å². The van der Waals surface area contributed by atoms with Crippen molar-refractivity contribution >= 4 is 12.2 Å². The van der Waals surface area contributed by atoms with Crippen LogP contribution < -0.4 is 0 Å². The molecule has 0 aliphatic carbocycles. The van der Waals surface area contributed by atoms with E-state index in [-0.39, 0.29) is 11.5 Å². The summed E-state index contributed by atoms with van der Waals surface area (Å²) >= 11 is 0. The summed E-state index contributed by atoms with van der Waals surface area (Å²) in [4.78, 5) is 4.31. The first-order valence-corrected chi connectivity index (χ1v) is 7.71. The van der Waals surface area contributed by atoms with Crippen molar-refractivity contribution in [3.63, 3.8) is 0 Å². The van der Waals surface area contributed by atoms with Gasteiger partial charge in [-0.15, -0.1) is 0 Å². The van der Waals surface area contributed by atoms with Gasteiger partial charge < -0.3 is 14.7 Å². The second-order valence-electron chi connectivity index (χ2n) is 5.29. The van der Waals surface area contributed by atoms with Gasteiger partial charge in [0.15, 0.2) is 17.3 Å². The fourth-order valence-electron chi connectivity index (χ4n) is 2.14. The molecular weight excluding hydrogens is 280 g/mol. The van der Waals surface area contributed by atoms with Gasteiger partial charge in [0.2, 0.25) is 0 Å². The molecule has 0 radical (unpaired) electrons. The van der Waals surface area contributed by atoms with Crippen LogP contribution in [0.15, 0.2) is 22.7 Å². The molecule has 2 rings (SSSR count). The van der Waals surface area contributed by atoms with Gasteiger partial charge in [-0.25, -0.2) is 0 Å². The Kier molecular flexibility index (Phi) is 6.01. The van der Waals surface area contributed by atoms with Crippen LogP contribution in [0, 0.1) is 0 Å². The molecule has 5 nitrogen and oxygen atoms in total. The highest BCUT2D eigenvalue weighted by Crippen LogP contribution is 2.25. The summed E-state index contributed by atoms with van der Waals surface area (Å²) in [6.07, 6.45) is 10.3. The van der Waals surface area contributed by atoms with Crippen LogP contribution in [0.5, 0.6) is 11.5 Å². The van der Waals surface area contributed by atoms with Gasteiger partial charge in [-0.1, -0.05) is 43.8 Å². The van der Waals surface area contributed by atoms with Crippen LogP contribution in [0.2, 0.25) is 0 Å². The molecule has 1 aromatic carbocycles. The SMILES string of the molecule is CCCCCCCc1noc(/C=C/c2ccc(O)c(O)c2)n1. The molecule has 1 aromatic heterocycles. The molecule has 2 N–H and O–H groups in total. The minimum Gasteiger partial charge on any atom is -0.504 e. The van der Waals surface area contributed by atoms with Crippen molar-refractivity contribution in [3.8, 4) is 11.5 Å². The van der Waals surface area contributed by atoms with Crippen LogP contribution in [0.1, 0.15) is 56.3 Å². The topological polar surface area (TPSA) is 79.4 Å². The number of aromatic nitrogens is 2. The van der Waals surface area contributed by atoms with Crippen LogP contribution in [0.4, 0.5) is 0 Å². The van der Waals surface area contributed by atoms with Gasteiger partial charge in [0.25, 0.3) is 5.89 Å². The van der Waals surface area contributed by atoms with Crippen LogP contribution in [0.25, 0.3) is 12.2 Å². The Morgan fingerprint density at radius 1 is 1.05 bits per heavy atom. The number of unbranched alkanes of at least 4 members (excludes halogenated alkanes) is 4. The molecule has 2 aromatic rings. The van der Waals surface area contributed by atoms with Gasteiger partial charge in [-0.05, 0) is 30.2 Å². The zero-order valence-corrected chi connectivity index (χ0v) is 12.8. The molecule has 118 valence electrons. The number of hydrogen-bond acceptors (Lipinski definition) is 5. The van der Waals surface area contributed by atoms with Crippen molar-refractivity contribution < 1.29 is 14.7 Å². The number of benzene rings is 1. The second kappa shape index (κ2) is 8.22. The first-order valence-electron chi connectivity index (χ1n) is 7.71. The third-order valence-corrected chi connectivity index (χ3v) is 3.41. The number of aromatic hydroxyl groups is 2. The van der Waals surface area contributed by atoms with Gasteiger partial charge in [0, 0.05) is 12.5 Å². The fourth-order valence-corrected chi connectivity index (χ4v) is 2.14. The lowest BCUT2D eigenvalue weighted by molar-refractivity contribution is 0.402. The summed E-state index contributed by atoms with van der Waals surface area (Å²) in [6, 6.07) is 4.60. The first kappa shape index (κ1) is 16.1. The predicted molar refractivity (Wildman–Crippen MR) is 85.5 cm³/mol. The summed E-state index contributed by atoms with van der Waals surface area (Å²) in [6.45, 7) is 2.20. The number of aryl methyl sites for hydroxylation is 1. The van der Waals surface area contributed by atoms with Crippen molar-refractivity contribution in [1.29, 1.82) is 0 Å². The van der Waals surface area contributed by atoms with E-state index in [4.69, 9.17) is 4.52 Å². The number of nitrogens with zero attached hydrogens (tertiary/aromatic N) is 2. The Labute approximate surface area is 130 Å². The highest BCUT2D eigenvalue weighted by molar-refractivity contribution is 5.67. The Hall–Kier alpha value is -2.30. The average Bonchev–Trinajstić information content (AvgIpc) is 2.96. The lowest BCUT2D eigenvalue weighted by Gasteiger charge is -1.97. The highest BCUT2D eigenvalue weighted by atomic mass is 16.5. The minimum absolute atomic E-state index is 0.139. The Bertz CT molecular complexity index is 620. The van der Waals surface area contributed by atoms with Crippen molar-refractivity contribution in [3.05, 3.63) is 35.5 Å². The van der Waals surface area contributed by atoms with Crippen molar-refractivity contribution in [2.45, 2.75) is 45.4 Å². The molecule has 0 spiro atoms. The molecule has 0 atom stereocenters. The first-order chi connectivity index (χ1) is 10.7. The molecule has 0 amide bonds. The molecule has 22 heavy (non-hydrogen) atoms. The fraction of sp³-hybridized carbons (Fsp3) is 0.412. The molecule has 0 aliphatic heterocycles. The maximum Gasteiger partial charge on any atom is 0.250 e. The maximum atomic E-state index is 9.42. The molecule has 0 unspecified atom stereocenters. The summed E-state index contributed by atoms with van der Waals surface area (Å²) in [5.41, 5.74) is 0.745. The van der Waals surface area contributed by atoms with E-state index in [1.807, 2.05) is 0 Å². The lowest BCUT2D eigenvalue weighted by Crippen LogP contribution is -1.88. The molecule has 0 fully saturated rings. The quantitative estimate of drug-likeness (QED) is 0.565. The summed E-state index contributed by atoms with van der Waals surface area (Å²) in [5.74, 6) is 0.876. The van der Waals surface area contributed by atoms with Gasteiger partial charge in [0.05, 0.1) is 0 Å². The molecular formula is C17H22N2O3. The largest absolute Gasteiger partial charge is 0.504 e. The van der Waals surface area contributed by atoms with E-state index in [1.165, 1.54) is 37.8 Å². The lowest BCUT2D eigenvalue weighted by atomic mass is 10.1. The van der Waals surface area contributed by atoms with Gasteiger partial charge in [0.1, 0.15) is 0 Å². The predicted octanol–water partition coefficient (Wildman–Crippen LogP) is 4.16. The summed E-state index contributed by atoms with van der Waals surface area (Å²) in [7, 11) is 0. The zero-order valence-electron chi connectivity index (χ0n) is 12.8. The van der Waals surface area contributed by atoms with Crippen LogP contribution >= 0.6 is 0 Å². The van der Waals surface area contributed by atoms with E-state index < -0.39 is 0 Å². The molecule has 0 bridgehead atoms. The van der Waals surface area contributed by atoms with Gasteiger partial charge in [-0.3, -0.25) is 0 Å². The van der Waals surface area contributed by atoms with Crippen LogP contribution in [0.3, 0.4) is 0 Å². The number of phenolic OH excluding ortho intramolecular Hbond substituents is 2. The smallest absolute Gasteiger partial charge is 0.250 e. The highest BCUT2D eigenvalue weighted by Gasteiger charge is 2.04. The van der Waals surface area contributed by atoms with Crippen molar-refractivity contribution in [1.82, 2.24) is 10.1 Å². The summed E-state index contributed by atoms with van der Waals surface area (Å²) in [5, 5.41) is 22.6. The maximum absolute atomic E-state index is 9.42. The standard InChI is InChI=1S/C17H22N2O3/c1-2-3-4-5-6-7-16-18-17(22-19-16)11-9-13-8-10-14(20)15(21)12-13/h8-12,20-21H,2-7H2,1H3/b11-9+.